The lowest BCUT2D eigenvalue weighted by Crippen LogP contribution is -2.23. The van der Waals surface area contributed by atoms with Crippen LogP contribution in [0.2, 0.25) is 0 Å². The van der Waals surface area contributed by atoms with Gasteiger partial charge in [0, 0.05) is 17.8 Å². The molecule has 1 heterocycles. The van der Waals surface area contributed by atoms with Crippen LogP contribution in [0.4, 0.5) is 5.69 Å². The summed E-state index contributed by atoms with van der Waals surface area (Å²) < 4.78 is 5.49. The Morgan fingerprint density at radius 3 is 2.79 bits per heavy atom. The molecule has 1 atom stereocenters. The van der Waals surface area contributed by atoms with Gasteiger partial charge >= 0.3 is 0 Å². The molecule has 1 aliphatic heterocycles. The van der Waals surface area contributed by atoms with E-state index in [4.69, 9.17) is 4.74 Å². The first-order chi connectivity index (χ1) is 9.29. The third-order valence-corrected chi connectivity index (χ3v) is 3.04. The van der Waals surface area contributed by atoms with Gasteiger partial charge in [0.15, 0.2) is 0 Å². The zero-order valence-corrected chi connectivity index (χ0v) is 11.2. The van der Waals surface area contributed by atoms with Crippen LogP contribution in [0.3, 0.4) is 0 Å². The minimum absolute atomic E-state index is 0.0326. The fourth-order valence-corrected chi connectivity index (χ4v) is 1.97. The van der Waals surface area contributed by atoms with Crippen molar-refractivity contribution in [2.75, 3.05) is 18.4 Å². The van der Waals surface area contributed by atoms with Crippen molar-refractivity contribution in [3.63, 3.8) is 0 Å². The van der Waals surface area contributed by atoms with Crippen LogP contribution in [0.15, 0.2) is 36.6 Å². The van der Waals surface area contributed by atoms with Crippen LogP contribution < -0.4 is 10.6 Å². The van der Waals surface area contributed by atoms with E-state index in [-0.39, 0.29) is 12.0 Å². The number of hydrogen-bond acceptors (Lipinski definition) is 3. The molecular weight excluding hydrogens is 240 g/mol. The fourth-order valence-electron chi connectivity index (χ4n) is 1.97. The molecule has 0 radical (unpaired) electrons. The van der Waals surface area contributed by atoms with Crippen molar-refractivity contribution < 1.29 is 9.53 Å². The minimum atomic E-state index is -0.0326. The molecule has 2 N–H and O–H groups in total. The molecule has 1 aliphatic rings. The van der Waals surface area contributed by atoms with Gasteiger partial charge < -0.3 is 15.4 Å². The molecule has 0 saturated carbocycles. The van der Waals surface area contributed by atoms with Crippen molar-refractivity contribution in [1.29, 1.82) is 0 Å². The molecule has 1 unspecified atom stereocenters. The lowest BCUT2D eigenvalue weighted by molar-refractivity contribution is 0.0956. The number of nitrogens with one attached hydrogen (secondary N) is 2. The Hall–Kier alpha value is -1.97. The number of carbonyl (C=O) groups excluding carboxylic acids is 1. The summed E-state index contributed by atoms with van der Waals surface area (Å²) in [6, 6.07) is 7.50. The van der Waals surface area contributed by atoms with Crippen LogP contribution >= 0.6 is 0 Å². The van der Waals surface area contributed by atoms with E-state index >= 15 is 0 Å². The molecule has 0 saturated heterocycles. The lowest BCUT2D eigenvalue weighted by Gasteiger charge is -2.20. The summed E-state index contributed by atoms with van der Waals surface area (Å²) in [5, 5.41) is 6.10. The summed E-state index contributed by atoms with van der Waals surface area (Å²) in [5.41, 5.74) is 1.69. The Labute approximate surface area is 113 Å². The van der Waals surface area contributed by atoms with Crippen molar-refractivity contribution in [3.05, 3.63) is 42.2 Å². The van der Waals surface area contributed by atoms with E-state index in [0.717, 1.165) is 25.1 Å². The minimum Gasteiger partial charge on any atom is -0.497 e. The summed E-state index contributed by atoms with van der Waals surface area (Å²) in [5.74, 6) is -0.0326. The van der Waals surface area contributed by atoms with Crippen molar-refractivity contribution >= 4 is 11.6 Å². The van der Waals surface area contributed by atoms with Gasteiger partial charge in [-0.1, -0.05) is 0 Å². The SMILES string of the molecule is CCNC(=O)c1ccc(NCC2CCC=CO2)cc1. The largest absolute Gasteiger partial charge is 0.497 e. The van der Waals surface area contributed by atoms with Gasteiger partial charge in [0.1, 0.15) is 6.10 Å². The molecule has 102 valence electrons. The summed E-state index contributed by atoms with van der Waals surface area (Å²) >= 11 is 0. The van der Waals surface area contributed by atoms with Crippen LogP contribution in [0.5, 0.6) is 0 Å². The highest BCUT2D eigenvalue weighted by Crippen LogP contribution is 2.13. The predicted molar refractivity (Wildman–Crippen MR) is 76.2 cm³/mol. The van der Waals surface area contributed by atoms with Crippen LogP contribution in [0.1, 0.15) is 30.1 Å². The van der Waals surface area contributed by atoms with Gasteiger partial charge in [-0.2, -0.15) is 0 Å². The van der Waals surface area contributed by atoms with Crippen LogP contribution in [-0.4, -0.2) is 25.1 Å². The maximum atomic E-state index is 11.6. The zero-order chi connectivity index (χ0) is 13.5. The van der Waals surface area contributed by atoms with Gasteiger partial charge in [-0.05, 0) is 50.1 Å². The molecule has 1 aromatic rings. The van der Waals surface area contributed by atoms with E-state index in [9.17, 15) is 4.79 Å². The third kappa shape index (κ3) is 4.02. The highest BCUT2D eigenvalue weighted by atomic mass is 16.5. The molecule has 0 fully saturated rings. The molecular formula is C15H20N2O2. The van der Waals surface area contributed by atoms with Gasteiger partial charge in [0.2, 0.25) is 0 Å². The summed E-state index contributed by atoms with van der Waals surface area (Å²) in [6.45, 7) is 3.34. The van der Waals surface area contributed by atoms with Crippen LogP contribution in [0.25, 0.3) is 0 Å². The Balaban J connectivity index is 1.84. The number of carbonyl (C=O) groups is 1. The van der Waals surface area contributed by atoms with Crippen molar-refractivity contribution in [2.24, 2.45) is 0 Å². The average molecular weight is 260 g/mol. The molecule has 4 nitrogen and oxygen atoms in total. The first-order valence-corrected chi connectivity index (χ1v) is 6.72. The Morgan fingerprint density at radius 2 is 2.16 bits per heavy atom. The smallest absolute Gasteiger partial charge is 0.251 e. The Kier molecular flexibility index (Phi) is 4.84. The van der Waals surface area contributed by atoms with Crippen LogP contribution in [0, 0.1) is 0 Å². The molecule has 1 amide bonds. The van der Waals surface area contributed by atoms with E-state index in [1.165, 1.54) is 0 Å². The van der Waals surface area contributed by atoms with E-state index < -0.39 is 0 Å². The molecule has 0 bridgehead atoms. The van der Waals surface area contributed by atoms with Crippen molar-refractivity contribution in [3.8, 4) is 0 Å². The monoisotopic (exact) mass is 260 g/mol. The number of benzene rings is 1. The fraction of sp³-hybridized carbons (Fsp3) is 0.400. The number of rotatable bonds is 5. The van der Waals surface area contributed by atoms with E-state index in [0.29, 0.717) is 12.1 Å². The summed E-state index contributed by atoms with van der Waals surface area (Å²) in [7, 11) is 0. The molecule has 4 heteroatoms. The maximum Gasteiger partial charge on any atom is 0.251 e. The molecule has 19 heavy (non-hydrogen) atoms. The number of allylic oxidation sites excluding steroid dienone is 1. The number of anilines is 1. The predicted octanol–water partition coefficient (Wildman–Crippen LogP) is 2.54. The van der Waals surface area contributed by atoms with E-state index in [2.05, 4.69) is 10.6 Å². The zero-order valence-electron chi connectivity index (χ0n) is 11.2. The topological polar surface area (TPSA) is 50.4 Å². The molecule has 0 aromatic heterocycles. The first-order valence-electron chi connectivity index (χ1n) is 6.72. The average Bonchev–Trinajstić information content (AvgIpc) is 2.47. The standard InChI is InChI=1S/C15H20N2O2/c1-2-16-15(18)12-6-8-13(9-7-12)17-11-14-5-3-4-10-19-14/h4,6-10,14,17H,2-3,5,11H2,1H3,(H,16,18). The first kappa shape index (κ1) is 13.5. The Morgan fingerprint density at radius 1 is 1.37 bits per heavy atom. The molecule has 0 aliphatic carbocycles. The molecule has 0 spiro atoms. The number of hydrogen-bond donors (Lipinski definition) is 2. The third-order valence-electron chi connectivity index (χ3n) is 3.04. The van der Waals surface area contributed by atoms with Gasteiger partial charge in [-0.25, -0.2) is 0 Å². The van der Waals surface area contributed by atoms with Crippen molar-refractivity contribution in [2.45, 2.75) is 25.9 Å². The lowest BCUT2D eigenvalue weighted by atomic mass is 10.1. The van der Waals surface area contributed by atoms with E-state index in [1.54, 1.807) is 6.26 Å². The number of amides is 1. The highest BCUT2D eigenvalue weighted by molar-refractivity contribution is 5.94. The Bertz CT molecular complexity index is 440. The second kappa shape index (κ2) is 6.83. The van der Waals surface area contributed by atoms with E-state index in [1.807, 2.05) is 37.3 Å². The summed E-state index contributed by atoms with van der Waals surface area (Å²) in [4.78, 5) is 11.6. The molecule has 1 aromatic carbocycles. The highest BCUT2D eigenvalue weighted by Gasteiger charge is 2.10. The summed E-state index contributed by atoms with van der Waals surface area (Å²) in [6.07, 6.45) is 6.15. The van der Waals surface area contributed by atoms with Gasteiger partial charge in [-0.15, -0.1) is 0 Å². The maximum absolute atomic E-state index is 11.6. The second-order valence-electron chi connectivity index (χ2n) is 4.52. The van der Waals surface area contributed by atoms with Gasteiger partial charge in [0.25, 0.3) is 5.91 Å². The number of ether oxygens (including phenoxy) is 1. The molecule has 2 rings (SSSR count). The van der Waals surface area contributed by atoms with Crippen molar-refractivity contribution in [1.82, 2.24) is 5.32 Å². The normalized spacial score (nSPS) is 17.6. The van der Waals surface area contributed by atoms with Gasteiger partial charge in [-0.3, -0.25) is 4.79 Å². The van der Waals surface area contributed by atoms with Gasteiger partial charge in [0.05, 0.1) is 12.8 Å². The quantitative estimate of drug-likeness (QED) is 0.855. The second-order valence-corrected chi connectivity index (χ2v) is 4.52. The van der Waals surface area contributed by atoms with Crippen LogP contribution in [-0.2, 0) is 4.74 Å².